The van der Waals surface area contributed by atoms with E-state index in [0.29, 0.717) is 29.5 Å². The number of hydrogen-bond acceptors (Lipinski definition) is 7. The number of benzene rings is 1. The van der Waals surface area contributed by atoms with E-state index in [1.807, 2.05) is 38.6 Å². The lowest BCUT2D eigenvalue weighted by molar-refractivity contribution is -0.161. The lowest BCUT2D eigenvalue weighted by atomic mass is 9.86. The summed E-state index contributed by atoms with van der Waals surface area (Å²) in [6.45, 7) is 7.52. The fourth-order valence-electron chi connectivity index (χ4n) is 4.85. The predicted octanol–water partition coefficient (Wildman–Crippen LogP) is 5.57. The molecule has 3 heterocycles. The van der Waals surface area contributed by atoms with Gasteiger partial charge in [-0.15, -0.1) is 0 Å². The number of rotatable bonds is 5. The first-order chi connectivity index (χ1) is 17.9. The Morgan fingerprint density at radius 3 is 2.42 bits per heavy atom. The van der Waals surface area contributed by atoms with Crippen LogP contribution in [0.5, 0.6) is 0 Å². The van der Waals surface area contributed by atoms with Crippen molar-refractivity contribution in [1.82, 2.24) is 23.7 Å². The van der Waals surface area contributed by atoms with Gasteiger partial charge in [0, 0.05) is 11.8 Å². The number of carbonyl (C=O) groups is 1. The fraction of sp³-hybridized carbons (Fsp3) is 0.407. The minimum Gasteiger partial charge on any atom is -0.460 e. The molecule has 0 spiro atoms. The van der Waals surface area contributed by atoms with Crippen LogP contribution in [0.1, 0.15) is 58.1 Å². The van der Waals surface area contributed by atoms with E-state index >= 15 is 0 Å². The number of ether oxygens (including phenoxy) is 1. The molecule has 0 unspecified atom stereocenters. The molecule has 200 valence electrons. The van der Waals surface area contributed by atoms with Gasteiger partial charge in [0.2, 0.25) is 0 Å². The van der Waals surface area contributed by atoms with Crippen molar-refractivity contribution in [2.24, 2.45) is 5.92 Å². The Labute approximate surface area is 226 Å². The van der Waals surface area contributed by atoms with Gasteiger partial charge in [-0.1, -0.05) is 29.3 Å². The lowest BCUT2D eigenvalue weighted by Crippen LogP contribution is -2.31. The second kappa shape index (κ2) is 9.81. The van der Waals surface area contributed by atoms with Crippen LogP contribution in [0.25, 0.3) is 22.3 Å². The van der Waals surface area contributed by atoms with Crippen LogP contribution in [0, 0.1) is 12.8 Å². The SMILES string of the molecule is Cc1ccc(S(=O)(=O)n2c(-c3cnn(C4CCC(C(=O)OC(C)(C)C)CC4)c3)cc3c(Cl)ncnc32)cc1. The van der Waals surface area contributed by atoms with Crippen LogP contribution < -0.4 is 0 Å². The number of aryl methyl sites for hydroxylation is 1. The molecule has 4 aromatic rings. The molecule has 1 aliphatic carbocycles. The fourth-order valence-corrected chi connectivity index (χ4v) is 6.52. The summed E-state index contributed by atoms with van der Waals surface area (Å²) < 4.78 is 36.3. The monoisotopic (exact) mass is 555 g/mol. The van der Waals surface area contributed by atoms with E-state index in [2.05, 4.69) is 15.1 Å². The Balaban J connectivity index is 1.47. The Morgan fingerprint density at radius 2 is 1.76 bits per heavy atom. The molecular weight excluding hydrogens is 526 g/mol. The second-order valence-electron chi connectivity index (χ2n) is 10.8. The minimum atomic E-state index is -4.00. The van der Waals surface area contributed by atoms with Crippen molar-refractivity contribution >= 4 is 38.6 Å². The molecule has 0 bridgehead atoms. The molecule has 0 N–H and O–H groups in total. The summed E-state index contributed by atoms with van der Waals surface area (Å²) in [6, 6.07) is 8.45. The van der Waals surface area contributed by atoms with Crippen LogP contribution in [0.2, 0.25) is 5.15 Å². The highest BCUT2D eigenvalue weighted by atomic mass is 35.5. The summed E-state index contributed by atoms with van der Waals surface area (Å²) >= 11 is 6.33. The van der Waals surface area contributed by atoms with E-state index in [0.717, 1.165) is 18.4 Å². The Hall–Kier alpha value is -3.24. The predicted molar refractivity (Wildman–Crippen MR) is 144 cm³/mol. The molecule has 5 rings (SSSR count). The maximum atomic E-state index is 13.8. The summed E-state index contributed by atoms with van der Waals surface area (Å²) in [5.74, 6) is -0.274. The van der Waals surface area contributed by atoms with Crippen molar-refractivity contribution in [3.63, 3.8) is 0 Å². The van der Waals surface area contributed by atoms with Gasteiger partial charge < -0.3 is 4.74 Å². The molecular formula is C27H30ClN5O4S. The van der Waals surface area contributed by atoms with Crippen LogP contribution in [-0.2, 0) is 19.6 Å². The number of nitrogens with zero attached hydrogens (tertiary/aromatic N) is 5. The summed E-state index contributed by atoms with van der Waals surface area (Å²) in [5, 5.41) is 5.17. The third-order valence-corrected chi connectivity index (χ3v) is 8.79. The number of carbonyl (C=O) groups excluding carboxylic acids is 1. The van der Waals surface area contributed by atoms with Crippen molar-refractivity contribution in [1.29, 1.82) is 0 Å². The van der Waals surface area contributed by atoms with E-state index in [-0.39, 0.29) is 33.6 Å². The molecule has 0 aliphatic heterocycles. The quantitative estimate of drug-likeness (QED) is 0.234. The van der Waals surface area contributed by atoms with E-state index in [1.54, 1.807) is 36.5 Å². The van der Waals surface area contributed by atoms with Crippen molar-refractivity contribution in [3.05, 3.63) is 59.8 Å². The highest BCUT2D eigenvalue weighted by Gasteiger charge is 2.32. The van der Waals surface area contributed by atoms with Gasteiger partial charge in [-0.25, -0.2) is 22.4 Å². The van der Waals surface area contributed by atoms with Crippen molar-refractivity contribution in [3.8, 4) is 11.3 Å². The third-order valence-electron chi connectivity index (χ3n) is 6.77. The normalized spacial score (nSPS) is 18.6. The molecule has 1 aromatic carbocycles. The van der Waals surface area contributed by atoms with E-state index < -0.39 is 15.6 Å². The van der Waals surface area contributed by atoms with Gasteiger partial charge in [0.1, 0.15) is 17.1 Å². The Bertz CT molecular complexity index is 1590. The first-order valence-electron chi connectivity index (χ1n) is 12.6. The maximum absolute atomic E-state index is 13.8. The number of esters is 1. The standard InChI is InChI=1S/C27H30ClN5O4S/c1-17-5-11-21(12-6-17)38(35,36)33-23(13-22-24(28)29-16-30-25(22)33)19-14-31-32(15-19)20-9-7-18(8-10-20)26(34)37-27(2,3)4/h5-6,11-16,18,20H,7-10H2,1-4H3. The molecule has 0 amide bonds. The molecule has 38 heavy (non-hydrogen) atoms. The van der Waals surface area contributed by atoms with Crippen LogP contribution in [0.15, 0.2) is 53.9 Å². The number of aromatic nitrogens is 5. The van der Waals surface area contributed by atoms with Crippen LogP contribution in [0.3, 0.4) is 0 Å². The highest BCUT2D eigenvalue weighted by molar-refractivity contribution is 7.90. The number of halogens is 1. The summed E-state index contributed by atoms with van der Waals surface area (Å²) in [6.07, 6.45) is 7.71. The first kappa shape index (κ1) is 26.4. The highest BCUT2D eigenvalue weighted by Crippen LogP contribution is 2.36. The summed E-state index contributed by atoms with van der Waals surface area (Å²) in [4.78, 5) is 20.9. The molecule has 0 radical (unpaired) electrons. The van der Waals surface area contributed by atoms with Gasteiger partial charge in [0.15, 0.2) is 5.65 Å². The van der Waals surface area contributed by atoms with E-state index in [1.165, 1.54) is 10.3 Å². The average molecular weight is 556 g/mol. The zero-order valence-corrected chi connectivity index (χ0v) is 23.3. The number of hydrogen-bond donors (Lipinski definition) is 0. The van der Waals surface area contributed by atoms with Crippen LogP contribution in [0.4, 0.5) is 0 Å². The smallest absolute Gasteiger partial charge is 0.309 e. The summed E-state index contributed by atoms with van der Waals surface area (Å²) in [7, 11) is -4.00. The van der Waals surface area contributed by atoms with Gasteiger partial charge >= 0.3 is 5.97 Å². The molecule has 1 aliphatic rings. The lowest BCUT2D eigenvalue weighted by Gasteiger charge is -2.29. The molecule has 11 heteroatoms. The zero-order valence-electron chi connectivity index (χ0n) is 21.8. The Kier molecular flexibility index (Phi) is 6.81. The molecule has 1 saturated carbocycles. The van der Waals surface area contributed by atoms with Crippen molar-refractivity contribution < 1.29 is 17.9 Å². The van der Waals surface area contributed by atoms with Gasteiger partial charge in [0.25, 0.3) is 10.0 Å². The molecule has 3 aromatic heterocycles. The zero-order chi connectivity index (χ0) is 27.2. The van der Waals surface area contributed by atoms with Gasteiger partial charge in [0.05, 0.1) is 34.1 Å². The number of fused-ring (bicyclic) bond motifs is 1. The maximum Gasteiger partial charge on any atom is 0.309 e. The van der Waals surface area contributed by atoms with E-state index in [9.17, 15) is 13.2 Å². The van der Waals surface area contributed by atoms with Crippen molar-refractivity contribution in [2.75, 3.05) is 0 Å². The van der Waals surface area contributed by atoms with Gasteiger partial charge in [-0.05, 0) is 71.6 Å². The van der Waals surface area contributed by atoms with Crippen LogP contribution in [-0.4, -0.2) is 43.7 Å². The topological polar surface area (TPSA) is 109 Å². The van der Waals surface area contributed by atoms with Gasteiger partial charge in [-0.2, -0.15) is 5.10 Å². The molecule has 9 nitrogen and oxygen atoms in total. The van der Waals surface area contributed by atoms with Crippen molar-refractivity contribution in [2.45, 2.75) is 69.9 Å². The molecule has 0 saturated heterocycles. The first-order valence-corrected chi connectivity index (χ1v) is 14.4. The third kappa shape index (κ3) is 5.07. The second-order valence-corrected chi connectivity index (χ2v) is 12.9. The summed E-state index contributed by atoms with van der Waals surface area (Å²) in [5.41, 5.74) is 1.66. The van der Waals surface area contributed by atoms with Crippen LogP contribution >= 0.6 is 11.6 Å². The minimum absolute atomic E-state index is 0.0948. The molecule has 1 fully saturated rings. The Morgan fingerprint density at radius 1 is 1.08 bits per heavy atom. The average Bonchev–Trinajstić information content (AvgIpc) is 3.50. The largest absolute Gasteiger partial charge is 0.460 e. The van der Waals surface area contributed by atoms with Gasteiger partial charge in [-0.3, -0.25) is 9.48 Å². The molecule has 0 atom stereocenters. The van der Waals surface area contributed by atoms with E-state index in [4.69, 9.17) is 16.3 Å².